The standard InChI is InChI=1S/C15H13Cl2N/c1-9-6-7-13(17)11-8-14(18-15(9)11)10-4-2-3-5-12(10)16/h2-7,14,18H,8H2,1H3. The summed E-state index contributed by atoms with van der Waals surface area (Å²) in [5.74, 6) is 0. The van der Waals surface area contributed by atoms with Gasteiger partial charge in [-0.25, -0.2) is 0 Å². The Balaban J connectivity index is 2.01. The quantitative estimate of drug-likeness (QED) is 0.773. The van der Waals surface area contributed by atoms with Gasteiger partial charge in [-0.3, -0.25) is 0 Å². The summed E-state index contributed by atoms with van der Waals surface area (Å²) in [5, 5.41) is 5.17. The van der Waals surface area contributed by atoms with Gasteiger partial charge in [-0.15, -0.1) is 0 Å². The van der Waals surface area contributed by atoms with Crippen molar-refractivity contribution < 1.29 is 0 Å². The molecule has 3 heteroatoms. The molecule has 0 fully saturated rings. The van der Waals surface area contributed by atoms with Crippen LogP contribution in [0.15, 0.2) is 36.4 Å². The summed E-state index contributed by atoms with van der Waals surface area (Å²) in [6.07, 6.45) is 0.888. The first-order chi connectivity index (χ1) is 8.66. The van der Waals surface area contributed by atoms with Gasteiger partial charge in [0, 0.05) is 22.2 Å². The number of nitrogens with one attached hydrogen (secondary N) is 1. The fraction of sp³-hybridized carbons (Fsp3) is 0.200. The second kappa shape index (κ2) is 4.49. The molecule has 0 saturated carbocycles. The number of aryl methyl sites for hydroxylation is 1. The monoisotopic (exact) mass is 277 g/mol. The lowest BCUT2D eigenvalue weighted by Crippen LogP contribution is -2.06. The van der Waals surface area contributed by atoms with E-state index in [9.17, 15) is 0 Å². The van der Waals surface area contributed by atoms with Crippen LogP contribution in [0.4, 0.5) is 5.69 Å². The van der Waals surface area contributed by atoms with E-state index < -0.39 is 0 Å². The van der Waals surface area contributed by atoms with Crippen molar-refractivity contribution in [3.63, 3.8) is 0 Å². The normalized spacial score (nSPS) is 17.4. The van der Waals surface area contributed by atoms with E-state index in [-0.39, 0.29) is 6.04 Å². The van der Waals surface area contributed by atoms with Crippen molar-refractivity contribution in [1.29, 1.82) is 0 Å². The zero-order valence-corrected chi connectivity index (χ0v) is 11.5. The number of hydrogen-bond acceptors (Lipinski definition) is 1. The lowest BCUT2D eigenvalue weighted by atomic mass is 10.0. The fourth-order valence-electron chi connectivity index (χ4n) is 2.51. The van der Waals surface area contributed by atoms with E-state index in [4.69, 9.17) is 23.2 Å². The second-order valence-corrected chi connectivity index (χ2v) is 5.45. The molecule has 0 spiro atoms. The fourth-order valence-corrected chi connectivity index (χ4v) is 3.02. The number of halogens is 2. The number of rotatable bonds is 1. The molecule has 2 aromatic carbocycles. The molecule has 1 unspecified atom stereocenters. The summed E-state index contributed by atoms with van der Waals surface area (Å²) in [6, 6.07) is 12.2. The van der Waals surface area contributed by atoms with Gasteiger partial charge in [-0.1, -0.05) is 47.5 Å². The maximum absolute atomic E-state index is 6.26. The topological polar surface area (TPSA) is 12.0 Å². The number of fused-ring (bicyclic) bond motifs is 1. The van der Waals surface area contributed by atoms with Crippen molar-refractivity contribution in [2.24, 2.45) is 0 Å². The van der Waals surface area contributed by atoms with Crippen LogP contribution in [0, 0.1) is 6.92 Å². The molecule has 0 amide bonds. The molecule has 1 heterocycles. The molecule has 1 aliphatic heterocycles. The van der Waals surface area contributed by atoms with Crippen LogP contribution in [0.1, 0.15) is 22.7 Å². The van der Waals surface area contributed by atoms with Crippen LogP contribution in [-0.2, 0) is 6.42 Å². The Labute approximate surface area is 117 Å². The van der Waals surface area contributed by atoms with Gasteiger partial charge in [0.15, 0.2) is 0 Å². The maximum atomic E-state index is 6.26. The van der Waals surface area contributed by atoms with Crippen LogP contribution < -0.4 is 5.32 Å². The Kier molecular flexibility index (Phi) is 2.96. The lowest BCUT2D eigenvalue weighted by Gasteiger charge is -2.13. The van der Waals surface area contributed by atoms with Crippen LogP contribution in [-0.4, -0.2) is 0 Å². The zero-order chi connectivity index (χ0) is 12.7. The molecule has 18 heavy (non-hydrogen) atoms. The zero-order valence-electron chi connectivity index (χ0n) is 10.0. The maximum Gasteiger partial charge on any atom is 0.0570 e. The summed E-state index contributed by atoms with van der Waals surface area (Å²) >= 11 is 12.5. The molecule has 1 nitrogen and oxygen atoms in total. The average molecular weight is 278 g/mol. The molecular formula is C15H13Cl2N. The largest absolute Gasteiger partial charge is 0.377 e. The highest BCUT2D eigenvalue weighted by atomic mass is 35.5. The van der Waals surface area contributed by atoms with E-state index in [1.54, 1.807) is 0 Å². The highest BCUT2D eigenvalue weighted by Gasteiger charge is 2.26. The minimum atomic E-state index is 0.215. The van der Waals surface area contributed by atoms with E-state index in [1.807, 2.05) is 30.3 Å². The molecule has 0 aromatic heterocycles. The number of hydrogen-bond donors (Lipinski definition) is 1. The smallest absolute Gasteiger partial charge is 0.0570 e. The third-order valence-corrected chi connectivity index (χ3v) is 4.17. The van der Waals surface area contributed by atoms with E-state index in [0.717, 1.165) is 27.7 Å². The van der Waals surface area contributed by atoms with Crippen LogP contribution in [0.3, 0.4) is 0 Å². The summed E-state index contributed by atoms with van der Waals surface area (Å²) in [7, 11) is 0. The molecular weight excluding hydrogens is 265 g/mol. The van der Waals surface area contributed by atoms with Gasteiger partial charge in [0.05, 0.1) is 6.04 Å². The van der Waals surface area contributed by atoms with Gasteiger partial charge in [0.25, 0.3) is 0 Å². The molecule has 3 rings (SSSR count). The predicted molar refractivity (Wildman–Crippen MR) is 77.7 cm³/mol. The molecule has 92 valence electrons. The average Bonchev–Trinajstić information content (AvgIpc) is 2.80. The van der Waals surface area contributed by atoms with Crippen molar-refractivity contribution in [3.8, 4) is 0 Å². The van der Waals surface area contributed by atoms with Gasteiger partial charge in [-0.05, 0) is 35.7 Å². The van der Waals surface area contributed by atoms with Gasteiger partial charge in [0.2, 0.25) is 0 Å². The minimum absolute atomic E-state index is 0.215. The first kappa shape index (κ1) is 11.9. The van der Waals surface area contributed by atoms with Gasteiger partial charge in [0.1, 0.15) is 0 Å². The van der Waals surface area contributed by atoms with E-state index in [1.165, 1.54) is 11.1 Å². The van der Waals surface area contributed by atoms with Gasteiger partial charge >= 0.3 is 0 Å². The van der Waals surface area contributed by atoms with Crippen molar-refractivity contribution in [2.75, 3.05) is 5.32 Å². The van der Waals surface area contributed by atoms with E-state index >= 15 is 0 Å². The Morgan fingerprint density at radius 1 is 1.06 bits per heavy atom. The predicted octanol–water partition coefficient (Wildman–Crippen LogP) is 5.01. The Morgan fingerprint density at radius 2 is 1.83 bits per heavy atom. The van der Waals surface area contributed by atoms with Crippen molar-refractivity contribution in [2.45, 2.75) is 19.4 Å². The van der Waals surface area contributed by atoms with Crippen molar-refractivity contribution in [1.82, 2.24) is 0 Å². The van der Waals surface area contributed by atoms with Crippen LogP contribution in [0.5, 0.6) is 0 Å². The van der Waals surface area contributed by atoms with Crippen LogP contribution in [0.25, 0.3) is 0 Å². The second-order valence-electron chi connectivity index (χ2n) is 4.64. The van der Waals surface area contributed by atoms with Gasteiger partial charge in [-0.2, -0.15) is 0 Å². The first-order valence-corrected chi connectivity index (χ1v) is 6.71. The molecule has 1 atom stereocenters. The summed E-state index contributed by atoms with van der Waals surface area (Å²) < 4.78 is 0. The first-order valence-electron chi connectivity index (χ1n) is 5.96. The molecule has 1 N–H and O–H groups in total. The van der Waals surface area contributed by atoms with Gasteiger partial charge < -0.3 is 5.32 Å². The lowest BCUT2D eigenvalue weighted by molar-refractivity contribution is 0.824. The van der Waals surface area contributed by atoms with Crippen molar-refractivity contribution >= 4 is 28.9 Å². The molecule has 0 aliphatic carbocycles. The molecule has 0 radical (unpaired) electrons. The molecule has 1 aliphatic rings. The number of anilines is 1. The minimum Gasteiger partial charge on any atom is -0.377 e. The molecule has 0 bridgehead atoms. The highest BCUT2D eigenvalue weighted by molar-refractivity contribution is 6.32. The Morgan fingerprint density at radius 3 is 2.56 bits per heavy atom. The molecule has 2 aromatic rings. The third-order valence-electron chi connectivity index (χ3n) is 3.47. The summed E-state index contributed by atoms with van der Waals surface area (Å²) in [4.78, 5) is 0. The highest BCUT2D eigenvalue weighted by Crippen LogP contribution is 2.41. The molecule has 0 saturated heterocycles. The summed E-state index contributed by atoms with van der Waals surface area (Å²) in [6.45, 7) is 2.09. The Bertz CT molecular complexity index is 576. The van der Waals surface area contributed by atoms with Crippen molar-refractivity contribution in [3.05, 3.63) is 63.1 Å². The van der Waals surface area contributed by atoms with Crippen LogP contribution >= 0.6 is 23.2 Å². The summed E-state index contributed by atoms with van der Waals surface area (Å²) in [5.41, 5.74) is 4.71. The van der Waals surface area contributed by atoms with E-state index in [2.05, 4.69) is 18.3 Å². The Hall–Kier alpha value is -1.18. The van der Waals surface area contributed by atoms with E-state index in [0.29, 0.717) is 0 Å². The van der Waals surface area contributed by atoms with Crippen LogP contribution in [0.2, 0.25) is 10.0 Å². The number of benzene rings is 2. The SMILES string of the molecule is Cc1ccc(Cl)c2c1NC(c1ccccc1Cl)C2. The third kappa shape index (κ3) is 1.88.